The number of rotatable bonds is 4. The van der Waals surface area contributed by atoms with Crippen LogP contribution >= 0.6 is 24.0 Å². The topological polar surface area (TPSA) is 55.1 Å². The van der Waals surface area contributed by atoms with E-state index in [2.05, 4.69) is 5.32 Å². The van der Waals surface area contributed by atoms with Crippen molar-refractivity contribution in [1.29, 1.82) is 0 Å². The molecule has 0 bridgehead atoms. The number of hydrogen-bond acceptors (Lipinski definition) is 1. The summed E-state index contributed by atoms with van der Waals surface area (Å²) in [5, 5.41) is 2.46. The van der Waals surface area contributed by atoms with Gasteiger partial charge in [0, 0.05) is 12.4 Å². The Hall–Kier alpha value is -0.150. The largest absolute Gasteiger partial charge is 0.352 e. The smallest absolute Gasteiger partial charge is 0.312 e. The Kier molecular flexibility index (Phi) is 11.1. The molecule has 0 aliphatic heterocycles. The van der Waals surface area contributed by atoms with Crippen molar-refractivity contribution in [2.75, 3.05) is 12.4 Å². The molecule has 0 saturated heterocycles. The zero-order chi connectivity index (χ0) is 7.11. The second kappa shape index (κ2) is 8.85. The average Bonchev–Trinajstić information content (AvgIpc) is 1.80. The fourth-order valence-electron chi connectivity index (χ4n) is 0.431. The fraction of sp³-hybridized carbons (Fsp3) is 0.800. The van der Waals surface area contributed by atoms with E-state index in [0.717, 1.165) is 12.8 Å². The van der Waals surface area contributed by atoms with E-state index in [9.17, 15) is 4.79 Å². The van der Waals surface area contributed by atoms with Gasteiger partial charge in [-0.2, -0.15) is 0 Å². The molecule has 0 unspecified atom stereocenters. The van der Waals surface area contributed by atoms with E-state index in [1.165, 1.54) is 0 Å². The Morgan fingerprint density at radius 1 is 1.50 bits per heavy atom. The molecule has 0 aliphatic carbocycles. The molecule has 2 amide bonds. The van der Waals surface area contributed by atoms with E-state index in [4.69, 9.17) is 17.3 Å². The van der Waals surface area contributed by atoms with Crippen molar-refractivity contribution in [3.05, 3.63) is 0 Å². The van der Waals surface area contributed by atoms with Gasteiger partial charge in [-0.3, -0.25) is 0 Å². The van der Waals surface area contributed by atoms with Crippen LogP contribution in [0, 0.1) is 0 Å². The molecule has 0 aromatic rings. The molecule has 62 valence electrons. The van der Waals surface area contributed by atoms with Gasteiger partial charge in [0.25, 0.3) is 0 Å². The maximum atomic E-state index is 10.0. The van der Waals surface area contributed by atoms with E-state index in [0.29, 0.717) is 12.4 Å². The fourth-order valence-corrected chi connectivity index (χ4v) is 0.620. The molecule has 3 N–H and O–H groups in total. The van der Waals surface area contributed by atoms with E-state index in [1.54, 1.807) is 0 Å². The highest BCUT2D eigenvalue weighted by Crippen LogP contribution is 1.88. The lowest BCUT2D eigenvalue weighted by Gasteiger charge is -1.97. The SMILES string of the molecule is Cl.NC(=O)NCCCCCl. The summed E-state index contributed by atoms with van der Waals surface area (Å²) in [6.45, 7) is 0.627. The minimum absolute atomic E-state index is 0. The van der Waals surface area contributed by atoms with Crippen LogP contribution in [-0.4, -0.2) is 18.5 Å². The molecular formula is C5H12Cl2N2O. The minimum Gasteiger partial charge on any atom is -0.352 e. The van der Waals surface area contributed by atoms with Gasteiger partial charge in [-0.1, -0.05) is 0 Å². The summed E-state index contributed by atoms with van der Waals surface area (Å²) in [6, 6.07) is -0.468. The predicted molar refractivity (Wildman–Crippen MR) is 44.8 cm³/mol. The second-order valence-electron chi connectivity index (χ2n) is 1.69. The molecule has 0 saturated carbocycles. The van der Waals surface area contributed by atoms with Gasteiger partial charge in [-0.05, 0) is 12.8 Å². The van der Waals surface area contributed by atoms with E-state index in [1.807, 2.05) is 0 Å². The van der Waals surface area contributed by atoms with Crippen molar-refractivity contribution in [3.8, 4) is 0 Å². The third-order valence-electron chi connectivity index (χ3n) is 0.860. The molecule has 3 nitrogen and oxygen atoms in total. The minimum atomic E-state index is -0.468. The molecule has 0 rings (SSSR count). The van der Waals surface area contributed by atoms with Crippen molar-refractivity contribution in [3.63, 3.8) is 0 Å². The Labute approximate surface area is 71.7 Å². The molecule has 0 aromatic heterocycles. The van der Waals surface area contributed by atoms with Gasteiger partial charge >= 0.3 is 6.03 Å². The highest BCUT2D eigenvalue weighted by atomic mass is 35.5. The van der Waals surface area contributed by atoms with Gasteiger partial charge < -0.3 is 11.1 Å². The highest BCUT2D eigenvalue weighted by molar-refractivity contribution is 6.17. The second-order valence-corrected chi connectivity index (χ2v) is 2.07. The van der Waals surface area contributed by atoms with Gasteiger partial charge in [0.15, 0.2) is 0 Å². The molecule has 10 heavy (non-hydrogen) atoms. The van der Waals surface area contributed by atoms with Crippen LogP contribution < -0.4 is 11.1 Å². The molecule has 0 radical (unpaired) electrons. The predicted octanol–water partition coefficient (Wildman–Crippen LogP) is 1.10. The van der Waals surface area contributed by atoms with Gasteiger partial charge in [-0.25, -0.2) is 4.79 Å². The van der Waals surface area contributed by atoms with E-state index >= 15 is 0 Å². The number of alkyl halides is 1. The third-order valence-corrected chi connectivity index (χ3v) is 1.13. The van der Waals surface area contributed by atoms with Crippen molar-refractivity contribution >= 4 is 30.0 Å². The summed E-state index contributed by atoms with van der Waals surface area (Å²) in [6.07, 6.45) is 1.81. The number of carbonyl (C=O) groups is 1. The van der Waals surface area contributed by atoms with Gasteiger partial charge in [-0.15, -0.1) is 24.0 Å². The van der Waals surface area contributed by atoms with Crippen molar-refractivity contribution in [2.24, 2.45) is 5.73 Å². The Balaban J connectivity index is 0. The zero-order valence-corrected chi connectivity index (χ0v) is 7.17. The van der Waals surface area contributed by atoms with Crippen LogP contribution in [0.3, 0.4) is 0 Å². The number of amides is 2. The van der Waals surface area contributed by atoms with Gasteiger partial charge in [0.2, 0.25) is 0 Å². The van der Waals surface area contributed by atoms with Gasteiger partial charge in [0.1, 0.15) is 0 Å². The molecule has 0 fully saturated rings. The standard InChI is InChI=1S/C5H11ClN2O.ClH/c6-3-1-2-4-8-5(7)9;/h1-4H2,(H3,7,8,9);1H. The zero-order valence-electron chi connectivity index (χ0n) is 5.60. The first-order valence-electron chi connectivity index (χ1n) is 2.86. The highest BCUT2D eigenvalue weighted by Gasteiger charge is 1.88. The third kappa shape index (κ3) is 10.8. The van der Waals surface area contributed by atoms with Crippen LogP contribution in [0.4, 0.5) is 4.79 Å². The van der Waals surface area contributed by atoms with Crippen LogP contribution in [-0.2, 0) is 0 Å². The monoisotopic (exact) mass is 186 g/mol. The van der Waals surface area contributed by atoms with Crippen LogP contribution in [0.25, 0.3) is 0 Å². The summed E-state index contributed by atoms with van der Waals surface area (Å²) in [5.74, 6) is 0.639. The van der Waals surface area contributed by atoms with Crippen molar-refractivity contribution in [2.45, 2.75) is 12.8 Å². The normalized spacial score (nSPS) is 8.10. The lowest BCUT2D eigenvalue weighted by molar-refractivity contribution is 0.249. The lowest BCUT2D eigenvalue weighted by Crippen LogP contribution is -2.29. The molecule has 0 heterocycles. The molecule has 0 aliphatic rings. The van der Waals surface area contributed by atoms with Crippen LogP contribution in [0.5, 0.6) is 0 Å². The number of hydrogen-bond donors (Lipinski definition) is 2. The summed E-state index contributed by atoms with van der Waals surface area (Å²) in [4.78, 5) is 10.0. The maximum Gasteiger partial charge on any atom is 0.312 e. The Bertz CT molecular complexity index is 89.7. The number of nitrogens with one attached hydrogen (secondary N) is 1. The molecular weight excluding hydrogens is 175 g/mol. The summed E-state index contributed by atoms with van der Waals surface area (Å²) in [7, 11) is 0. The van der Waals surface area contributed by atoms with Gasteiger partial charge in [0.05, 0.1) is 0 Å². The molecule has 0 atom stereocenters. The van der Waals surface area contributed by atoms with E-state index in [-0.39, 0.29) is 12.4 Å². The van der Waals surface area contributed by atoms with E-state index < -0.39 is 6.03 Å². The van der Waals surface area contributed by atoms with Crippen LogP contribution in [0.1, 0.15) is 12.8 Å². The molecule has 5 heteroatoms. The molecule has 0 aromatic carbocycles. The number of carbonyl (C=O) groups excluding carboxylic acids is 1. The Morgan fingerprint density at radius 2 is 2.10 bits per heavy atom. The first-order valence-corrected chi connectivity index (χ1v) is 3.40. The number of nitrogens with two attached hydrogens (primary N) is 1. The number of primary amides is 1. The quantitative estimate of drug-likeness (QED) is 0.502. The average molecular weight is 187 g/mol. The summed E-state index contributed by atoms with van der Waals surface area (Å²) >= 11 is 5.37. The first-order chi connectivity index (χ1) is 4.27. The van der Waals surface area contributed by atoms with Crippen molar-refractivity contribution < 1.29 is 4.79 Å². The maximum absolute atomic E-state index is 10.0. The number of unbranched alkanes of at least 4 members (excludes halogenated alkanes) is 1. The van der Waals surface area contributed by atoms with Crippen LogP contribution in [0.15, 0.2) is 0 Å². The summed E-state index contributed by atoms with van der Waals surface area (Å²) < 4.78 is 0. The molecule has 0 spiro atoms. The Morgan fingerprint density at radius 3 is 2.50 bits per heavy atom. The number of halogens is 2. The van der Waals surface area contributed by atoms with Crippen LogP contribution in [0.2, 0.25) is 0 Å². The lowest BCUT2D eigenvalue weighted by atomic mass is 10.3. The number of urea groups is 1. The first kappa shape index (κ1) is 12.5. The van der Waals surface area contributed by atoms with Crippen molar-refractivity contribution in [1.82, 2.24) is 5.32 Å². The summed E-state index contributed by atoms with van der Waals surface area (Å²) in [5.41, 5.74) is 4.79.